The van der Waals surface area contributed by atoms with E-state index in [4.69, 9.17) is 34.8 Å². The topological polar surface area (TPSA) is 86.8 Å². The third kappa shape index (κ3) is 7.61. The highest BCUT2D eigenvalue weighted by Gasteiger charge is 2.33. The van der Waals surface area contributed by atoms with Gasteiger partial charge in [-0.2, -0.15) is 0 Å². The number of anilines is 1. The van der Waals surface area contributed by atoms with E-state index in [9.17, 15) is 18.0 Å². The fraction of sp³-hybridized carbons (Fsp3) is 0.231. The number of hydrogen-bond donors (Lipinski definition) is 1. The van der Waals surface area contributed by atoms with Gasteiger partial charge in [-0.1, -0.05) is 83.3 Å². The smallest absolute Gasteiger partial charge is 0.244 e. The quantitative estimate of drug-likeness (QED) is 0.372. The fourth-order valence-corrected chi connectivity index (χ4v) is 5.21. The average molecular weight is 583 g/mol. The molecule has 0 heterocycles. The monoisotopic (exact) mass is 581 g/mol. The Labute approximate surface area is 232 Å². The molecular weight excluding hydrogens is 557 g/mol. The first-order valence-corrected chi connectivity index (χ1v) is 14.2. The summed E-state index contributed by atoms with van der Waals surface area (Å²) in [6.07, 6.45) is 1.19. The molecule has 7 nitrogen and oxygen atoms in total. The summed E-state index contributed by atoms with van der Waals surface area (Å²) in [5, 5.41) is 3.29. The third-order valence-corrected chi connectivity index (χ3v) is 7.85. The molecule has 3 aromatic rings. The van der Waals surface area contributed by atoms with Gasteiger partial charge in [0.1, 0.15) is 12.6 Å². The first-order valence-electron chi connectivity index (χ1n) is 11.2. The molecule has 0 aromatic heterocycles. The van der Waals surface area contributed by atoms with Crippen LogP contribution in [0.5, 0.6) is 0 Å². The Hall–Kier alpha value is -2.78. The van der Waals surface area contributed by atoms with Gasteiger partial charge in [0.25, 0.3) is 0 Å². The molecule has 37 heavy (non-hydrogen) atoms. The van der Waals surface area contributed by atoms with E-state index in [0.29, 0.717) is 10.6 Å². The van der Waals surface area contributed by atoms with Gasteiger partial charge in [0, 0.05) is 25.0 Å². The molecule has 0 aliphatic heterocycles. The normalized spacial score (nSPS) is 12.0. The van der Waals surface area contributed by atoms with E-state index in [1.807, 2.05) is 30.3 Å². The van der Waals surface area contributed by atoms with Crippen molar-refractivity contribution < 1.29 is 18.0 Å². The molecule has 0 aliphatic carbocycles. The SMILES string of the molecule is CNC(=O)[C@H](Cc1ccccc1)N(Cc1ccc(Cl)cc1)C(=O)CN(c1cccc(Cl)c1Cl)S(C)(=O)=O. The van der Waals surface area contributed by atoms with E-state index in [-0.39, 0.29) is 28.7 Å². The van der Waals surface area contributed by atoms with Crippen LogP contribution in [-0.2, 0) is 32.6 Å². The highest BCUT2D eigenvalue weighted by molar-refractivity contribution is 7.92. The van der Waals surface area contributed by atoms with Crippen LogP contribution in [0.2, 0.25) is 15.1 Å². The molecule has 0 aliphatic rings. The Balaban J connectivity index is 2.05. The molecule has 0 spiro atoms. The van der Waals surface area contributed by atoms with Crippen LogP contribution in [0.15, 0.2) is 72.8 Å². The predicted octanol–water partition coefficient (Wildman–Crippen LogP) is 4.80. The van der Waals surface area contributed by atoms with Crippen molar-refractivity contribution in [2.24, 2.45) is 0 Å². The number of hydrogen-bond acceptors (Lipinski definition) is 4. The molecule has 0 bridgehead atoms. The van der Waals surface area contributed by atoms with E-state index < -0.39 is 34.4 Å². The third-order valence-electron chi connectivity index (χ3n) is 5.66. The maximum absolute atomic E-state index is 13.8. The summed E-state index contributed by atoms with van der Waals surface area (Å²) in [6, 6.07) is 19.7. The van der Waals surface area contributed by atoms with Crippen LogP contribution in [0.25, 0.3) is 0 Å². The second-order valence-electron chi connectivity index (χ2n) is 8.31. The van der Waals surface area contributed by atoms with Gasteiger partial charge in [-0.3, -0.25) is 13.9 Å². The summed E-state index contributed by atoms with van der Waals surface area (Å²) in [6.45, 7) is -0.545. The molecular formula is C26H26Cl3N3O4S. The Morgan fingerprint density at radius 3 is 2.14 bits per heavy atom. The number of carbonyl (C=O) groups excluding carboxylic acids is 2. The molecule has 3 rings (SSSR count). The van der Waals surface area contributed by atoms with Gasteiger partial charge in [-0.25, -0.2) is 8.42 Å². The maximum atomic E-state index is 13.8. The van der Waals surface area contributed by atoms with Crippen LogP contribution in [0.3, 0.4) is 0 Å². The largest absolute Gasteiger partial charge is 0.357 e. The zero-order valence-electron chi connectivity index (χ0n) is 20.2. The number of likely N-dealkylation sites (N-methyl/N-ethyl adjacent to an activating group) is 1. The zero-order valence-corrected chi connectivity index (χ0v) is 23.3. The summed E-state index contributed by atoms with van der Waals surface area (Å²) in [7, 11) is -2.46. The van der Waals surface area contributed by atoms with E-state index in [2.05, 4.69) is 5.32 Å². The van der Waals surface area contributed by atoms with Crippen LogP contribution in [0.1, 0.15) is 11.1 Å². The van der Waals surface area contributed by atoms with Crippen molar-refractivity contribution in [3.8, 4) is 0 Å². The Kier molecular flexibility index (Phi) is 9.84. The predicted molar refractivity (Wildman–Crippen MR) is 149 cm³/mol. The lowest BCUT2D eigenvalue weighted by atomic mass is 10.0. The lowest BCUT2D eigenvalue weighted by Gasteiger charge is -2.33. The number of halogens is 3. The van der Waals surface area contributed by atoms with E-state index in [1.54, 1.807) is 30.3 Å². The number of rotatable bonds is 10. The number of carbonyl (C=O) groups is 2. The summed E-state index contributed by atoms with van der Waals surface area (Å²) < 4.78 is 26.4. The van der Waals surface area contributed by atoms with E-state index in [1.165, 1.54) is 24.1 Å². The number of nitrogens with zero attached hydrogens (tertiary/aromatic N) is 2. The zero-order chi connectivity index (χ0) is 27.2. The van der Waals surface area contributed by atoms with Gasteiger partial charge in [0.05, 0.1) is 22.0 Å². The lowest BCUT2D eigenvalue weighted by Crippen LogP contribution is -2.52. The minimum Gasteiger partial charge on any atom is -0.357 e. The molecule has 2 amide bonds. The molecule has 1 N–H and O–H groups in total. The standard InChI is InChI=1S/C26H26Cl3N3O4S/c1-30-26(34)23(15-18-7-4-3-5-8-18)31(16-19-11-13-20(27)14-12-19)24(33)17-32(37(2,35)36)22-10-6-9-21(28)25(22)29/h3-14,23H,15-17H2,1-2H3,(H,30,34)/t23-/m0/s1. The van der Waals surface area contributed by atoms with Crippen molar-refractivity contribution in [1.82, 2.24) is 10.2 Å². The van der Waals surface area contributed by atoms with E-state index >= 15 is 0 Å². The van der Waals surface area contributed by atoms with Crippen molar-refractivity contribution >= 4 is 62.3 Å². The van der Waals surface area contributed by atoms with Crippen LogP contribution >= 0.6 is 34.8 Å². The molecule has 0 saturated heterocycles. The highest BCUT2D eigenvalue weighted by Crippen LogP contribution is 2.33. The fourth-order valence-electron chi connectivity index (χ4n) is 3.79. The summed E-state index contributed by atoms with van der Waals surface area (Å²) in [4.78, 5) is 28.3. The number of amides is 2. The van der Waals surface area contributed by atoms with Crippen molar-refractivity contribution in [3.05, 3.63) is 99.0 Å². The molecule has 196 valence electrons. The molecule has 0 unspecified atom stereocenters. The van der Waals surface area contributed by atoms with Gasteiger partial charge >= 0.3 is 0 Å². The minimum absolute atomic E-state index is 0.00113. The lowest BCUT2D eigenvalue weighted by molar-refractivity contribution is -0.139. The molecule has 0 saturated carbocycles. The van der Waals surface area contributed by atoms with Crippen LogP contribution in [0, 0.1) is 0 Å². The van der Waals surface area contributed by atoms with Crippen molar-refractivity contribution in [1.29, 1.82) is 0 Å². The molecule has 11 heteroatoms. The molecule has 3 aromatic carbocycles. The second kappa shape index (κ2) is 12.6. The van der Waals surface area contributed by atoms with Gasteiger partial charge in [0.2, 0.25) is 21.8 Å². The first-order chi connectivity index (χ1) is 17.5. The second-order valence-corrected chi connectivity index (χ2v) is 11.4. The Morgan fingerprint density at radius 2 is 1.54 bits per heavy atom. The van der Waals surface area contributed by atoms with Crippen LogP contribution in [0.4, 0.5) is 5.69 Å². The first kappa shape index (κ1) is 28.8. The van der Waals surface area contributed by atoms with Crippen LogP contribution in [-0.4, -0.2) is 51.0 Å². The van der Waals surface area contributed by atoms with Gasteiger partial charge in [-0.15, -0.1) is 0 Å². The van der Waals surface area contributed by atoms with Crippen molar-refractivity contribution in [2.75, 3.05) is 24.2 Å². The Bertz CT molecular complexity index is 1350. The highest BCUT2D eigenvalue weighted by atomic mass is 35.5. The average Bonchev–Trinajstić information content (AvgIpc) is 2.87. The maximum Gasteiger partial charge on any atom is 0.244 e. The summed E-state index contributed by atoms with van der Waals surface area (Å²) >= 11 is 18.4. The van der Waals surface area contributed by atoms with Crippen molar-refractivity contribution in [2.45, 2.75) is 19.0 Å². The number of nitrogens with one attached hydrogen (secondary N) is 1. The summed E-state index contributed by atoms with van der Waals surface area (Å²) in [5.41, 5.74) is 1.62. The van der Waals surface area contributed by atoms with E-state index in [0.717, 1.165) is 16.1 Å². The minimum atomic E-state index is -3.95. The summed E-state index contributed by atoms with van der Waals surface area (Å²) in [5.74, 6) is -0.987. The Morgan fingerprint density at radius 1 is 0.892 bits per heavy atom. The number of benzene rings is 3. The van der Waals surface area contributed by atoms with Gasteiger partial charge in [-0.05, 0) is 35.4 Å². The molecule has 0 radical (unpaired) electrons. The van der Waals surface area contributed by atoms with Gasteiger partial charge < -0.3 is 10.2 Å². The number of sulfonamides is 1. The molecule has 1 atom stereocenters. The van der Waals surface area contributed by atoms with Crippen molar-refractivity contribution in [3.63, 3.8) is 0 Å². The van der Waals surface area contributed by atoms with Crippen LogP contribution < -0.4 is 9.62 Å². The van der Waals surface area contributed by atoms with Gasteiger partial charge in [0.15, 0.2) is 0 Å². The molecule has 0 fully saturated rings.